The largest absolute Gasteiger partial charge is 0.411 e. The van der Waals surface area contributed by atoms with Crippen LogP contribution in [0, 0.1) is 0 Å². The Morgan fingerprint density at radius 2 is 2.24 bits per heavy atom. The first kappa shape index (κ1) is 15.2. The van der Waals surface area contributed by atoms with E-state index < -0.39 is 12.2 Å². The Morgan fingerprint density at radius 1 is 1.48 bits per heavy atom. The summed E-state index contributed by atoms with van der Waals surface area (Å²) < 4.78 is 39.7. The molecular weight excluding hydrogens is 281 g/mol. The van der Waals surface area contributed by atoms with Gasteiger partial charge in [0.1, 0.15) is 6.04 Å². The maximum absolute atomic E-state index is 12.7. The van der Waals surface area contributed by atoms with Crippen molar-refractivity contribution in [3.8, 4) is 0 Å². The molecule has 0 bridgehead atoms. The molecule has 112 valence electrons. The van der Waals surface area contributed by atoms with Crippen molar-refractivity contribution < 1.29 is 13.2 Å². The minimum absolute atomic E-state index is 0.121. The molecule has 1 aliphatic heterocycles. The van der Waals surface area contributed by atoms with E-state index in [9.17, 15) is 13.2 Å². The number of halogens is 3. The van der Waals surface area contributed by atoms with Gasteiger partial charge in [0.25, 0.3) is 0 Å². The average Bonchev–Trinajstić information content (AvgIpc) is 2.93. The van der Waals surface area contributed by atoms with E-state index in [4.69, 9.17) is 0 Å². The van der Waals surface area contributed by atoms with E-state index >= 15 is 0 Å². The fourth-order valence-electron chi connectivity index (χ4n) is 1.94. The molecule has 2 heterocycles. The van der Waals surface area contributed by atoms with Gasteiger partial charge in [-0.1, -0.05) is 12.2 Å². The van der Waals surface area contributed by atoms with E-state index in [0.29, 0.717) is 11.3 Å². The van der Waals surface area contributed by atoms with Crippen LogP contribution in [0.25, 0.3) is 5.70 Å². The second-order valence-electron chi connectivity index (χ2n) is 4.48. The van der Waals surface area contributed by atoms with Gasteiger partial charge in [0.05, 0.1) is 17.6 Å². The maximum Gasteiger partial charge on any atom is 0.411 e. The molecule has 1 atom stereocenters. The van der Waals surface area contributed by atoms with Crippen LogP contribution < -0.4 is 0 Å². The van der Waals surface area contributed by atoms with Crippen molar-refractivity contribution in [2.45, 2.75) is 25.6 Å². The average molecular weight is 296 g/mol. The standard InChI is InChI=1S/C14H15F3N4/c1-3-11(8-18-2)21-9-10(7-19-21)12-5-4-6-13(20-12)14(15,16)17/h3-5,7-9,13H,6H2,1-2H3. The molecule has 0 fully saturated rings. The molecule has 4 nitrogen and oxygen atoms in total. The Morgan fingerprint density at radius 3 is 2.86 bits per heavy atom. The predicted octanol–water partition coefficient (Wildman–Crippen LogP) is 3.12. The lowest BCUT2D eigenvalue weighted by molar-refractivity contribution is -0.146. The second kappa shape index (κ2) is 6.07. The molecule has 0 aliphatic carbocycles. The number of hydrogen-bond donors (Lipinski definition) is 0. The van der Waals surface area contributed by atoms with Crippen molar-refractivity contribution in [1.82, 2.24) is 9.78 Å². The number of allylic oxidation sites excluding steroid dienone is 3. The minimum atomic E-state index is -4.32. The highest BCUT2D eigenvalue weighted by atomic mass is 19.4. The number of hydrogen-bond acceptors (Lipinski definition) is 3. The summed E-state index contributed by atoms with van der Waals surface area (Å²) >= 11 is 0. The third-order valence-corrected chi connectivity index (χ3v) is 3.01. The number of aliphatic imine (C=N–C) groups is 2. The lowest BCUT2D eigenvalue weighted by Crippen LogP contribution is -2.29. The fraction of sp³-hybridized carbons (Fsp3) is 0.357. The van der Waals surface area contributed by atoms with Gasteiger partial charge in [0.15, 0.2) is 0 Å². The highest BCUT2D eigenvalue weighted by molar-refractivity contribution is 6.09. The molecule has 0 amide bonds. The first-order valence-corrected chi connectivity index (χ1v) is 6.40. The van der Waals surface area contributed by atoms with Gasteiger partial charge in [0, 0.05) is 25.0 Å². The zero-order valence-corrected chi connectivity index (χ0v) is 11.7. The van der Waals surface area contributed by atoms with Crippen molar-refractivity contribution >= 4 is 17.6 Å². The summed E-state index contributed by atoms with van der Waals surface area (Å²) in [5, 5.41) is 4.13. The van der Waals surface area contributed by atoms with Crippen LogP contribution >= 0.6 is 0 Å². The summed E-state index contributed by atoms with van der Waals surface area (Å²) in [5.74, 6) is 0. The summed E-state index contributed by atoms with van der Waals surface area (Å²) in [7, 11) is 1.63. The third-order valence-electron chi connectivity index (χ3n) is 3.01. The molecule has 1 aliphatic rings. The zero-order valence-electron chi connectivity index (χ0n) is 11.7. The van der Waals surface area contributed by atoms with Crippen molar-refractivity contribution in [3.05, 3.63) is 36.2 Å². The topological polar surface area (TPSA) is 42.5 Å². The molecule has 0 saturated carbocycles. The molecule has 1 aromatic rings. The molecule has 0 aromatic carbocycles. The van der Waals surface area contributed by atoms with Crippen LogP contribution in [0.4, 0.5) is 13.2 Å². The summed E-state index contributed by atoms with van der Waals surface area (Å²) in [5.41, 5.74) is 1.57. The highest BCUT2D eigenvalue weighted by Crippen LogP contribution is 2.28. The van der Waals surface area contributed by atoms with Crippen molar-refractivity contribution in [2.24, 2.45) is 9.98 Å². The minimum Gasteiger partial charge on any atom is -0.294 e. The zero-order chi connectivity index (χ0) is 15.5. The van der Waals surface area contributed by atoms with Gasteiger partial charge in [0.2, 0.25) is 0 Å². The van der Waals surface area contributed by atoms with Gasteiger partial charge in [-0.05, 0) is 19.4 Å². The predicted molar refractivity (Wildman–Crippen MR) is 76.7 cm³/mol. The van der Waals surface area contributed by atoms with Crippen molar-refractivity contribution in [2.75, 3.05) is 7.05 Å². The van der Waals surface area contributed by atoms with Crippen LogP contribution in [-0.4, -0.2) is 41.0 Å². The Labute approximate surface area is 120 Å². The molecule has 1 aromatic heterocycles. The highest BCUT2D eigenvalue weighted by Gasteiger charge is 2.39. The van der Waals surface area contributed by atoms with Gasteiger partial charge in [-0.3, -0.25) is 9.98 Å². The number of nitrogens with zero attached hydrogens (tertiary/aromatic N) is 4. The summed E-state index contributed by atoms with van der Waals surface area (Å²) in [6, 6.07) is -1.68. The number of dihydropyridines is 1. The van der Waals surface area contributed by atoms with E-state index in [-0.39, 0.29) is 6.42 Å². The van der Waals surface area contributed by atoms with Crippen LogP contribution in [-0.2, 0) is 0 Å². The third kappa shape index (κ3) is 3.48. The van der Waals surface area contributed by atoms with Crippen LogP contribution in [0.15, 0.2) is 40.6 Å². The van der Waals surface area contributed by atoms with Crippen LogP contribution in [0.2, 0.25) is 0 Å². The van der Waals surface area contributed by atoms with Crippen LogP contribution in [0.3, 0.4) is 0 Å². The molecule has 21 heavy (non-hydrogen) atoms. The van der Waals surface area contributed by atoms with Gasteiger partial charge < -0.3 is 0 Å². The van der Waals surface area contributed by atoms with E-state index in [1.165, 1.54) is 12.3 Å². The lowest BCUT2D eigenvalue weighted by atomic mass is 10.1. The monoisotopic (exact) mass is 296 g/mol. The Hall–Kier alpha value is -2.18. The van der Waals surface area contributed by atoms with E-state index in [1.807, 2.05) is 6.92 Å². The summed E-state index contributed by atoms with van der Waals surface area (Å²) in [6.45, 7) is 1.83. The van der Waals surface area contributed by atoms with Gasteiger partial charge in [-0.15, -0.1) is 0 Å². The van der Waals surface area contributed by atoms with Gasteiger partial charge in [-0.2, -0.15) is 18.3 Å². The number of rotatable bonds is 3. The Bertz CT molecular complexity index is 620. The van der Waals surface area contributed by atoms with E-state index in [0.717, 1.165) is 5.70 Å². The normalized spacial score (nSPS) is 20.1. The molecule has 7 heteroatoms. The number of aromatic nitrogens is 2. The quantitative estimate of drug-likeness (QED) is 0.790. The Kier molecular flexibility index (Phi) is 4.40. The van der Waals surface area contributed by atoms with Crippen molar-refractivity contribution in [3.63, 3.8) is 0 Å². The first-order chi connectivity index (χ1) is 9.95. The molecule has 2 rings (SSSR count). The molecule has 1 unspecified atom stereocenters. The molecule has 0 N–H and O–H groups in total. The van der Waals surface area contributed by atoms with Gasteiger partial charge >= 0.3 is 6.18 Å². The van der Waals surface area contributed by atoms with Crippen molar-refractivity contribution in [1.29, 1.82) is 0 Å². The molecular formula is C14H15F3N4. The van der Waals surface area contributed by atoms with Crippen LogP contribution in [0.5, 0.6) is 0 Å². The smallest absolute Gasteiger partial charge is 0.294 e. The second-order valence-corrected chi connectivity index (χ2v) is 4.48. The summed E-state index contributed by atoms with van der Waals surface area (Å²) in [6.07, 6.45) is 5.19. The van der Waals surface area contributed by atoms with Crippen LogP contribution in [0.1, 0.15) is 18.9 Å². The molecule has 0 saturated heterocycles. The van der Waals surface area contributed by atoms with E-state index in [1.54, 1.807) is 36.3 Å². The molecule has 0 spiro atoms. The first-order valence-electron chi connectivity index (χ1n) is 6.40. The Balaban J connectivity index is 2.29. The summed E-state index contributed by atoms with van der Waals surface area (Å²) in [4.78, 5) is 7.67. The maximum atomic E-state index is 12.7. The molecule has 0 radical (unpaired) electrons. The SMILES string of the molecule is CC=C(C=NC)n1cc(C2=NC(C(F)(F)F)CC=C2)cn1. The van der Waals surface area contributed by atoms with E-state index in [2.05, 4.69) is 15.1 Å². The fourth-order valence-corrected chi connectivity index (χ4v) is 1.94. The lowest BCUT2D eigenvalue weighted by Gasteiger charge is -2.18. The number of alkyl halides is 3. The van der Waals surface area contributed by atoms with Gasteiger partial charge in [-0.25, -0.2) is 4.68 Å².